The Morgan fingerprint density at radius 1 is 1.00 bits per heavy atom. The van der Waals surface area contributed by atoms with E-state index in [9.17, 15) is 4.79 Å². The number of hydrogen-bond donors (Lipinski definition) is 1. The van der Waals surface area contributed by atoms with E-state index in [1.165, 1.54) is 11.3 Å². The van der Waals surface area contributed by atoms with Gasteiger partial charge in [0.2, 0.25) is 0 Å². The normalized spacial score (nSPS) is 11.7. The molecule has 1 N–H and O–H groups in total. The molecular formula is C20H19NO2S. The van der Waals surface area contributed by atoms with Crippen LogP contribution in [0.2, 0.25) is 0 Å². The lowest BCUT2D eigenvalue weighted by Gasteiger charge is -2.20. The second kappa shape index (κ2) is 7.79. The predicted octanol–water partition coefficient (Wildman–Crippen LogP) is 4.67. The number of amides is 1. The van der Waals surface area contributed by atoms with Gasteiger partial charge < -0.3 is 10.1 Å². The van der Waals surface area contributed by atoms with Crippen LogP contribution >= 0.6 is 11.3 Å². The first-order valence-electron chi connectivity index (χ1n) is 7.90. The number of carbonyl (C=O) groups excluding carboxylic acids is 1. The number of rotatable bonds is 6. The average molecular weight is 337 g/mol. The third-order valence-electron chi connectivity index (χ3n) is 3.68. The van der Waals surface area contributed by atoms with Gasteiger partial charge in [-0.2, -0.15) is 0 Å². The summed E-state index contributed by atoms with van der Waals surface area (Å²) in [6, 6.07) is 21.4. The van der Waals surface area contributed by atoms with Crippen molar-refractivity contribution in [1.82, 2.24) is 5.32 Å². The molecule has 1 atom stereocenters. The Morgan fingerprint density at radius 2 is 1.71 bits per heavy atom. The van der Waals surface area contributed by atoms with Gasteiger partial charge in [-0.15, -0.1) is 11.3 Å². The molecule has 1 heterocycles. The molecule has 1 aromatic heterocycles. The van der Waals surface area contributed by atoms with E-state index >= 15 is 0 Å². The summed E-state index contributed by atoms with van der Waals surface area (Å²) in [7, 11) is 0. The molecule has 0 aliphatic carbocycles. The highest BCUT2D eigenvalue weighted by atomic mass is 32.1. The Morgan fingerprint density at radius 3 is 2.33 bits per heavy atom. The van der Waals surface area contributed by atoms with Gasteiger partial charge in [-0.3, -0.25) is 4.79 Å². The van der Waals surface area contributed by atoms with Crippen LogP contribution in [0, 0.1) is 0 Å². The van der Waals surface area contributed by atoms with Crippen LogP contribution in [0.15, 0.2) is 72.1 Å². The molecule has 4 heteroatoms. The summed E-state index contributed by atoms with van der Waals surface area (Å²) in [5, 5.41) is 5.04. The average Bonchev–Trinajstić information content (AvgIpc) is 3.16. The molecule has 0 spiro atoms. The van der Waals surface area contributed by atoms with Crippen LogP contribution in [0.25, 0.3) is 0 Å². The molecule has 122 valence electrons. The zero-order valence-electron chi connectivity index (χ0n) is 13.4. The van der Waals surface area contributed by atoms with Gasteiger partial charge in [0.1, 0.15) is 5.75 Å². The molecule has 24 heavy (non-hydrogen) atoms. The molecule has 0 saturated carbocycles. The van der Waals surface area contributed by atoms with Crippen molar-refractivity contribution in [1.29, 1.82) is 0 Å². The Kier molecular flexibility index (Phi) is 5.29. The van der Waals surface area contributed by atoms with E-state index in [1.807, 2.05) is 79.0 Å². The first-order valence-corrected chi connectivity index (χ1v) is 8.78. The van der Waals surface area contributed by atoms with Crippen LogP contribution in [-0.2, 0) is 0 Å². The molecule has 0 fully saturated rings. The minimum Gasteiger partial charge on any atom is -0.494 e. The van der Waals surface area contributed by atoms with E-state index in [0.717, 1.165) is 16.9 Å². The summed E-state index contributed by atoms with van der Waals surface area (Å²) in [6.07, 6.45) is 0. The van der Waals surface area contributed by atoms with Crippen molar-refractivity contribution in [2.75, 3.05) is 6.61 Å². The first-order chi connectivity index (χ1) is 11.8. The van der Waals surface area contributed by atoms with E-state index in [0.29, 0.717) is 11.5 Å². The van der Waals surface area contributed by atoms with Gasteiger partial charge in [-0.25, -0.2) is 0 Å². The van der Waals surface area contributed by atoms with Gasteiger partial charge in [0, 0.05) is 0 Å². The molecule has 3 nitrogen and oxygen atoms in total. The molecule has 3 rings (SSSR count). The van der Waals surface area contributed by atoms with Crippen molar-refractivity contribution in [3.05, 3.63) is 88.1 Å². The third-order valence-corrected chi connectivity index (χ3v) is 4.55. The fraction of sp³-hybridized carbons (Fsp3) is 0.150. The zero-order chi connectivity index (χ0) is 16.8. The molecule has 2 aromatic carbocycles. The van der Waals surface area contributed by atoms with Crippen molar-refractivity contribution in [3.63, 3.8) is 0 Å². The fourth-order valence-electron chi connectivity index (χ4n) is 2.54. The maximum absolute atomic E-state index is 12.5. The Hall–Kier alpha value is -2.59. The van der Waals surface area contributed by atoms with Crippen LogP contribution in [0.1, 0.15) is 33.8 Å². The Balaban J connectivity index is 1.89. The van der Waals surface area contributed by atoms with Crippen LogP contribution in [-0.4, -0.2) is 12.5 Å². The standard InChI is InChI=1S/C20H19NO2S/c1-2-23-17-12-10-16(11-13-17)19(15-7-4-3-5-8-15)21-20(22)18-9-6-14-24-18/h3-14,19H,2H2,1H3,(H,21,22). The molecule has 1 amide bonds. The fourth-order valence-corrected chi connectivity index (χ4v) is 3.16. The van der Waals surface area contributed by atoms with Gasteiger partial charge in [0.15, 0.2) is 0 Å². The Labute approximate surface area is 145 Å². The first kappa shape index (κ1) is 16.3. The van der Waals surface area contributed by atoms with Crippen LogP contribution in [0.4, 0.5) is 0 Å². The molecule has 0 bridgehead atoms. The second-order valence-corrected chi connectivity index (χ2v) is 6.24. The molecule has 0 aliphatic rings. The quantitative estimate of drug-likeness (QED) is 0.710. The van der Waals surface area contributed by atoms with E-state index in [4.69, 9.17) is 4.74 Å². The molecule has 0 radical (unpaired) electrons. The molecule has 1 unspecified atom stereocenters. The number of ether oxygens (including phenoxy) is 1. The highest BCUT2D eigenvalue weighted by molar-refractivity contribution is 7.12. The summed E-state index contributed by atoms with van der Waals surface area (Å²) in [5.74, 6) is 0.769. The lowest BCUT2D eigenvalue weighted by molar-refractivity contribution is 0.0947. The van der Waals surface area contributed by atoms with Gasteiger partial charge in [-0.1, -0.05) is 48.5 Å². The van der Waals surface area contributed by atoms with Gasteiger partial charge in [0.25, 0.3) is 5.91 Å². The van der Waals surface area contributed by atoms with Gasteiger partial charge in [0.05, 0.1) is 17.5 Å². The van der Waals surface area contributed by atoms with E-state index in [-0.39, 0.29) is 11.9 Å². The van der Waals surface area contributed by atoms with Gasteiger partial charge >= 0.3 is 0 Å². The van der Waals surface area contributed by atoms with E-state index in [1.54, 1.807) is 0 Å². The predicted molar refractivity (Wildman–Crippen MR) is 97.7 cm³/mol. The van der Waals surface area contributed by atoms with Crippen molar-refractivity contribution in [3.8, 4) is 5.75 Å². The zero-order valence-corrected chi connectivity index (χ0v) is 14.3. The maximum Gasteiger partial charge on any atom is 0.262 e. The second-order valence-electron chi connectivity index (χ2n) is 5.30. The highest BCUT2D eigenvalue weighted by Gasteiger charge is 2.18. The highest BCUT2D eigenvalue weighted by Crippen LogP contribution is 2.25. The topological polar surface area (TPSA) is 38.3 Å². The number of thiophene rings is 1. The number of hydrogen-bond acceptors (Lipinski definition) is 3. The summed E-state index contributed by atoms with van der Waals surface area (Å²) < 4.78 is 5.50. The Bertz CT molecular complexity index is 767. The van der Waals surface area contributed by atoms with E-state index < -0.39 is 0 Å². The minimum absolute atomic E-state index is 0.0623. The summed E-state index contributed by atoms with van der Waals surface area (Å²) in [6.45, 7) is 2.60. The van der Waals surface area contributed by atoms with E-state index in [2.05, 4.69) is 5.32 Å². The smallest absolute Gasteiger partial charge is 0.262 e. The molecular weight excluding hydrogens is 318 g/mol. The summed E-state index contributed by atoms with van der Waals surface area (Å²) in [5.41, 5.74) is 2.07. The molecule has 0 saturated heterocycles. The van der Waals surface area contributed by atoms with Crippen molar-refractivity contribution < 1.29 is 9.53 Å². The SMILES string of the molecule is CCOc1ccc(C(NC(=O)c2cccs2)c2ccccc2)cc1. The van der Waals surface area contributed by atoms with Crippen molar-refractivity contribution in [2.45, 2.75) is 13.0 Å². The molecule has 3 aromatic rings. The minimum atomic E-state index is -0.198. The van der Waals surface area contributed by atoms with Crippen LogP contribution < -0.4 is 10.1 Å². The number of benzene rings is 2. The lowest BCUT2D eigenvalue weighted by atomic mass is 9.98. The molecule has 0 aliphatic heterocycles. The lowest BCUT2D eigenvalue weighted by Crippen LogP contribution is -2.28. The van der Waals surface area contributed by atoms with Gasteiger partial charge in [-0.05, 0) is 41.6 Å². The number of carbonyl (C=O) groups is 1. The maximum atomic E-state index is 12.5. The van der Waals surface area contributed by atoms with Crippen molar-refractivity contribution >= 4 is 17.2 Å². The van der Waals surface area contributed by atoms with Crippen molar-refractivity contribution in [2.24, 2.45) is 0 Å². The number of nitrogens with one attached hydrogen (secondary N) is 1. The van der Waals surface area contributed by atoms with Crippen LogP contribution in [0.5, 0.6) is 5.75 Å². The van der Waals surface area contributed by atoms with Crippen LogP contribution in [0.3, 0.4) is 0 Å². The largest absolute Gasteiger partial charge is 0.494 e. The summed E-state index contributed by atoms with van der Waals surface area (Å²) >= 11 is 1.44. The third kappa shape index (κ3) is 3.84. The monoisotopic (exact) mass is 337 g/mol. The summed E-state index contributed by atoms with van der Waals surface area (Å²) in [4.78, 5) is 13.2.